The maximum absolute atomic E-state index is 8.89. The molecule has 3 aromatic heterocycles. The van der Waals surface area contributed by atoms with Crippen LogP contribution in [-0.4, -0.2) is 25.6 Å². The number of nitrogens with one attached hydrogen (secondary N) is 1. The Bertz CT molecular complexity index is 2540. The van der Waals surface area contributed by atoms with E-state index in [1.807, 2.05) is 129 Å². The van der Waals surface area contributed by atoms with Gasteiger partial charge in [0.25, 0.3) is 0 Å². The standard InChI is InChI=1S/C50H37N5/c1-35-17-28-45(52-33-35)29-26-43(36-11-5-2-6-12-36)31-46(51)47-30-27-44(34-53-47)39-20-18-37(19-21-39)38-22-24-42(25-23-38)50-54-48(40-13-7-3-8-14-40)32-49(55-50)41-15-9-4-10-16-41/h2-34,51H,1H3/b29-26+,43-31+,51-46?. The number of allylic oxidation sites excluding steroid dienone is 3. The van der Waals surface area contributed by atoms with E-state index >= 15 is 0 Å². The van der Waals surface area contributed by atoms with Crippen molar-refractivity contribution in [2.75, 3.05) is 0 Å². The van der Waals surface area contributed by atoms with Crippen molar-refractivity contribution in [3.05, 3.63) is 217 Å². The van der Waals surface area contributed by atoms with Crippen molar-refractivity contribution in [2.45, 2.75) is 6.92 Å². The van der Waals surface area contributed by atoms with Gasteiger partial charge in [0.15, 0.2) is 5.82 Å². The SMILES string of the molecule is Cc1ccc(/C=C/C(=C\C(=N)c2ccc(-c3ccc(-c4ccc(-c5nc(-c6ccccc6)cc(-c6ccccc6)n5)cc4)cc3)cn2)c2ccccc2)nc1. The predicted octanol–water partition coefficient (Wildman–Crippen LogP) is 12.1. The largest absolute Gasteiger partial charge is 0.299 e. The van der Waals surface area contributed by atoms with Crippen LogP contribution in [0.15, 0.2) is 194 Å². The first-order valence-electron chi connectivity index (χ1n) is 18.2. The molecule has 262 valence electrons. The van der Waals surface area contributed by atoms with Gasteiger partial charge in [0, 0.05) is 34.6 Å². The summed E-state index contributed by atoms with van der Waals surface area (Å²) in [6.07, 6.45) is 9.53. The molecule has 55 heavy (non-hydrogen) atoms. The Morgan fingerprint density at radius 1 is 0.491 bits per heavy atom. The van der Waals surface area contributed by atoms with Crippen molar-refractivity contribution in [1.82, 2.24) is 19.9 Å². The van der Waals surface area contributed by atoms with Gasteiger partial charge >= 0.3 is 0 Å². The van der Waals surface area contributed by atoms with Crippen molar-refractivity contribution >= 4 is 17.4 Å². The van der Waals surface area contributed by atoms with Crippen LogP contribution in [0, 0.1) is 12.3 Å². The van der Waals surface area contributed by atoms with Gasteiger partial charge in [0.1, 0.15) is 0 Å². The van der Waals surface area contributed by atoms with E-state index in [9.17, 15) is 0 Å². The highest BCUT2D eigenvalue weighted by atomic mass is 14.9. The number of hydrogen-bond acceptors (Lipinski definition) is 5. The molecule has 0 saturated carbocycles. The molecule has 0 saturated heterocycles. The Kier molecular flexibility index (Phi) is 10.2. The van der Waals surface area contributed by atoms with Crippen LogP contribution in [0.3, 0.4) is 0 Å². The van der Waals surface area contributed by atoms with Crippen LogP contribution in [0.5, 0.6) is 0 Å². The molecular weight excluding hydrogens is 671 g/mol. The normalized spacial score (nSPS) is 11.5. The number of pyridine rings is 2. The molecule has 5 heteroatoms. The smallest absolute Gasteiger partial charge is 0.160 e. The molecular formula is C50H37N5. The highest BCUT2D eigenvalue weighted by Crippen LogP contribution is 2.30. The van der Waals surface area contributed by atoms with Gasteiger partial charge in [0.2, 0.25) is 0 Å². The molecule has 0 bridgehead atoms. The number of aryl methyl sites for hydroxylation is 1. The minimum absolute atomic E-state index is 0.333. The summed E-state index contributed by atoms with van der Waals surface area (Å²) in [4.78, 5) is 19.1. The molecule has 0 unspecified atom stereocenters. The first-order chi connectivity index (χ1) is 27.1. The van der Waals surface area contributed by atoms with E-state index in [0.717, 1.165) is 72.7 Å². The Labute approximate surface area is 321 Å². The molecule has 5 nitrogen and oxygen atoms in total. The van der Waals surface area contributed by atoms with Gasteiger partial charge in [-0.25, -0.2) is 9.97 Å². The quantitative estimate of drug-likeness (QED) is 0.113. The van der Waals surface area contributed by atoms with E-state index in [0.29, 0.717) is 17.2 Å². The fourth-order valence-electron chi connectivity index (χ4n) is 6.32. The molecule has 0 fully saturated rings. The van der Waals surface area contributed by atoms with Crippen molar-refractivity contribution in [3.8, 4) is 56.2 Å². The zero-order chi connectivity index (χ0) is 37.4. The molecule has 0 atom stereocenters. The lowest BCUT2D eigenvalue weighted by Crippen LogP contribution is -1.99. The van der Waals surface area contributed by atoms with E-state index in [-0.39, 0.29) is 0 Å². The number of aromatic nitrogens is 4. The molecule has 1 N–H and O–H groups in total. The average molecular weight is 708 g/mol. The number of hydrogen-bond donors (Lipinski definition) is 1. The summed E-state index contributed by atoms with van der Waals surface area (Å²) in [7, 11) is 0. The fraction of sp³-hybridized carbons (Fsp3) is 0.0200. The molecule has 0 spiro atoms. The van der Waals surface area contributed by atoms with Gasteiger partial charge < -0.3 is 0 Å². The molecule has 8 rings (SSSR count). The maximum atomic E-state index is 8.89. The van der Waals surface area contributed by atoms with Gasteiger partial charge in [-0.05, 0) is 70.7 Å². The lowest BCUT2D eigenvalue weighted by atomic mass is 9.99. The Balaban J connectivity index is 0.994. The maximum Gasteiger partial charge on any atom is 0.160 e. The van der Waals surface area contributed by atoms with E-state index in [2.05, 4.69) is 88.8 Å². The molecule has 0 aliphatic carbocycles. The molecule has 5 aromatic carbocycles. The second-order valence-electron chi connectivity index (χ2n) is 13.3. The van der Waals surface area contributed by atoms with Crippen LogP contribution >= 0.6 is 0 Å². The average Bonchev–Trinajstić information content (AvgIpc) is 3.26. The lowest BCUT2D eigenvalue weighted by Gasteiger charge is -2.10. The van der Waals surface area contributed by atoms with E-state index in [4.69, 9.17) is 15.4 Å². The van der Waals surface area contributed by atoms with Gasteiger partial charge in [-0.1, -0.05) is 158 Å². The first-order valence-corrected chi connectivity index (χ1v) is 18.2. The van der Waals surface area contributed by atoms with Crippen LogP contribution in [0.25, 0.3) is 67.8 Å². The van der Waals surface area contributed by atoms with Crippen LogP contribution in [-0.2, 0) is 0 Å². The summed E-state index contributed by atoms with van der Waals surface area (Å²) in [6.45, 7) is 2.02. The second kappa shape index (κ2) is 16.1. The van der Waals surface area contributed by atoms with E-state index < -0.39 is 0 Å². The highest BCUT2D eigenvalue weighted by molar-refractivity contribution is 6.10. The molecule has 8 aromatic rings. The minimum Gasteiger partial charge on any atom is -0.299 e. The van der Waals surface area contributed by atoms with Gasteiger partial charge in [0.05, 0.1) is 28.5 Å². The highest BCUT2D eigenvalue weighted by Gasteiger charge is 2.12. The summed E-state index contributed by atoms with van der Waals surface area (Å²) in [6, 6.07) is 57.5. The van der Waals surface area contributed by atoms with E-state index in [1.165, 1.54) is 0 Å². The van der Waals surface area contributed by atoms with Crippen molar-refractivity contribution in [1.29, 1.82) is 5.41 Å². The third kappa shape index (κ3) is 8.32. The first kappa shape index (κ1) is 34.7. The lowest BCUT2D eigenvalue weighted by molar-refractivity contribution is 1.18. The molecule has 0 radical (unpaired) electrons. The molecule has 3 heterocycles. The summed E-state index contributed by atoms with van der Waals surface area (Å²) in [5, 5.41) is 8.89. The fourth-order valence-corrected chi connectivity index (χ4v) is 6.32. The van der Waals surface area contributed by atoms with E-state index in [1.54, 1.807) is 0 Å². The van der Waals surface area contributed by atoms with Crippen LogP contribution in [0.4, 0.5) is 0 Å². The van der Waals surface area contributed by atoms with Crippen LogP contribution in [0.1, 0.15) is 22.5 Å². The van der Waals surface area contributed by atoms with Gasteiger partial charge in [-0.3, -0.25) is 15.4 Å². The Morgan fingerprint density at radius 2 is 1.02 bits per heavy atom. The Hall–Kier alpha value is -7.37. The van der Waals surface area contributed by atoms with Crippen molar-refractivity contribution < 1.29 is 0 Å². The summed E-state index contributed by atoms with van der Waals surface area (Å²) < 4.78 is 0. The van der Waals surface area contributed by atoms with Crippen LogP contribution < -0.4 is 0 Å². The summed E-state index contributed by atoms with van der Waals surface area (Å²) in [5.74, 6) is 0.689. The van der Waals surface area contributed by atoms with Crippen molar-refractivity contribution in [3.63, 3.8) is 0 Å². The second-order valence-corrected chi connectivity index (χ2v) is 13.3. The van der Waals surface area contributed by atoms with Gasteiger partial charge in [-0.2, -0.15) is 0 Å². The third-order valence-corrected chi connectivity index (χ3v) is 9.37. The zero-order valence-electron chi connectivity index (χ0n) is 30.3. The zero-order valence-corrected chi connectivity index (χ0v) is 30.3. The van der Waals surface area contributed by atoms with Crippen molar-refractivity contribution in [2.24, 2.45) is 0 Å². The topological polar surface area (TPSA) is 75.4 Å². The third-order valence-electron chi connectivity index (χ3n) is 9.37. The van der Waals surface area contributed by atoms with Gasteiger partial charge in [-0.15, -0.1) is 0 Å². The number of nitrogens with zero attached hydrogens (tertiary/aromatic N) is 4. The predicted molar refractivity (Wildman–Crippen MR) is 226 cm³/mol. The summed E-state index contributed by atoms with van der Waals surface area (Å²) in [5.41, 5.74) is 13.9. The number of rotatable bonds is 10. The molecule has 0 aliphatic rings. The number of benzene rings is 5. The monoisotopic (exact) mass is 707 g/mol. The summed E-state index contributed by atoms with van der Waals surface area (Å²) >= 11 is 0. The molecule has 0 aliphatic heterocycles. The molecule has 0 amide bonds. The Morgan fingerprint density at radius 3 is 1.55 bits per heavy atom. The minimum atomic E-state index is 0.333. The van der Waals surface area contributed by atoms with Crippen LogP contribution in [0.2, 0.25) is 0 Å².